The Labute approximate surface area is 141 Å². The van der Waals surface area contributed by atoms with E-state index < -0.39 is 0 Å². The van der Waals surface area contributed by atoms with Crippen LogP contribution in [-0.2, 0) is 0 Å². The Balaban J connectivity index is 1.72. The first-order valence-corrected chi connectivity index (χ1v) is 9.01. The van der Waals surface area contributed by atoms with Gasteiger partial charge in [-0.25, -0.2) is 4.98 Å². The largest absolute Gasteiger partial charge is 0.493 e. The minimum absolute atomic E-state index is 0.162. The molecular formula is C18H24N2O2S. The summed E-state index contributed by atoms with van der Waals surface area (Å²) in [6, 6.07) is 6.35. The highest BCUT2D eigenvalue weighted by atomic mass is 32.1. The first-order chi connectivity index (χ1) is 11.2. The van der Waals surface area contributed by atoms with E-state index in [0.717, 1.165) is 35.0 Å². The molecule has 1 aliphatic rings. The van der Waals surface area contributed by atoms with Gasteiger partial charge in [-0.15, -0.1) is 11.3 Å². The van der Waals surface area contributed by atoms with E-state index in [1.165, 1.54) is 17.7 Å². The van der Waals surface area contributed by atoms with Crippen molar-refractivity contribution in [3.63, 3.8) is 0 Å². The third-order valence-electron chi connectivity index (χ3n) is 4.24. The number of nitrogens with one attached hydrogen (secondary N) is 1. The van der Waals surface area contributed by atoms with Gasteiger partial charge >= 0.3 is 0 Å². The number of aromatic nitrogens is 1. The SMILES string of the molecule is COc1cc(C(C)Nc2ncc(C)s2)ccc1OC1CCCC1. The molecule has 1 atom stereocenters. The van der Waals surface area contributed by atoms with Gasteiger partial charge in [0, 0.05) is 11.1 Å². The van der Waals surface area contributed by atoms with Gasteiger partial charge in [0.05, 0.1) is 19.3 Å². The summed E-state index contributed by atoms with van der Waals surface area (Å²) in [6.07, 6.45) is 7.04. The number of thiazole rings is 1. The molecule has 23 heavy (non-hydrogen) atoms. The van der Waals surface area contributed by atoms with Crippen LogP contribution >= 0.6 is 11.3 Å². The molecule has 1 heterocycles. The highest BCUT2D eigenvalue weighted by Gasteiger charge is 2.19. The molecule has 3 rings (SSSR count). The normalized spacial score (nSPS) is 16.3. The average molecular weight is 332 g/mol. The Morgan fingerprint density at radius 1 is 1.26 bits per heavy atom. The minimum atomic E-state index is 0.162. The lowest BCUT2D eigenvalue weighted by Gasteiger charge is -2.19. The number of rotatable bonds is 6. The van der Waals surface area contributed by atoms with Gasteiger partial charge in [-0.3, -0.25) is 0 Å². The van der Waals surface area contributed by atoms with Gasteiger partial charge < -0.3 is 14.8 Å². The molecule has 1 aromatic carbocycles. The van der Waals surface area contributed by atoms with Crippen LogP contribution in [0.2, 0.25) is 0 Å². The number of ether oxygens (including phenoxy) is 2. The number of nitrogens with zero attached hydrogens (tertiary/aromatic N) is 1. The zero-order chi connectivity index (χ0) is 16.2. The number of hydrogen-bond donors (Lipinski definition) is 1. The Kier molecular flexibility index (Phi) is 5.06. The van der Waals surface area contributed by atoms with Crippen molar-refractivity contribution in [3.8, 4) is 11.5 Å². The summed E-state index contributed by atoms with van der Waals surface area (Å²) in [6.45, 7) is 4.19. The van der Waals surface area contributed by atoms with E-state index in [1.54, 1.807) is 18.4 Å². The molecule has 4 nitrogen and oxygen atoms in total. The van der Waals surface area contributed by atoms with E-state index in [1.807, 2.05) is 12.3 Å². The molecule has 2 aromatic rings. The van der Waals surface area contributed by atoms with Crippen molar-refractivity contribution < 1.29 is 9.47 Å². The molecule has 0 amide bonds. The van der Waals surface area contributed by atoms with Gasteiger partial charge in [-0.1, -0.05) is 6.07 Å². The molecule has 1 saturated carbocycles. The predicted molar refractivity (Wildman–Crippen MR) is 94.8 cm³/mol. The first kappa shape index (κ1) is 16.1. The lowest BCUT2D eigenvalue weighted by molar-refractivity contribution is 0.200. The lowest BCUT2D eigenvalue weighted by atomic mass is 10.1. The first-order valence-electron chi connectivity index (χ1n) is 8.19. The molecular weight excluding hydrogens is 308 g/mol. The van der Waals surface area contributed by atoms with Gasteiger partial charge in [0.2, 0.25) is 0 Å². The van der Waals surface area contributed by atoms with E-state index in [4.69, 9.17) is 9.47 Å². The molecule has 0 aliphatic heterocycles. The van der Waals surface area contributed by atoms with Crippen molar-refractivity contribution in [2.45, 2.75) is 51.7 Å². The van der Waals surface area contributed by atoms with E-state index in [-0.39, 0.29) is 6.04 Å². The maximum atomic E-state index is 6.10. The van der Waals surface area contributed by atoms with Crippen LogP contribution in [0.15, 0.2) is 24.4 Å². The van der Waals surface area contributed by atoms with E-state index >= 15 is 0 Å². The Bertz CT molecular complexity index is 650. The fraction of sp³-hybridized carbons (Fsp3) is 0.500. The van der Waals surface area contributed by atoms with Crippen molar-refractivity contribution in [2.24, 2.45) is 0 Å². The Morgan fingerprint density at radius 2 is 2.04 bits per heavy atom. The van der Waals surface area contributed by atoms with Crippen LogP contribution in [0, 0.1) is 6.92 Å². The quantitative estimate of drug-likeness (QED) is 0.812. The topological polar surface area (TPSA) is 43.4 Å². The van der Waals surface area contributed by atoms with Crippen LogP contribution in [0.4, 0.5) is 5.13 Å². The zero-order valence-corrected chi connectivity index (χ0v) is 14.8. The average Bonchev–Trinajstić information content (AvgIpc) is 3.19. The third kappa shape index (κ3) is 3.96. The molecule has 1 aliphatic carbocycles. The monoisotopic (exact) mass is 332 g/mol. The Morgan fingerprint density at radius 3 is 2.70 bits per heavy atom. The maximum absolute atomic E-state index is 6.10. The van der Waals surface area contributed by atoms with E-state index in [9.17, 15) is 0 Å². The molecule has 1 N–H and O–H groups in total. The number of benzene rings is 1. The second-order valence-corrected chi connectivity index (χ2v) is 7.31. The molecule has 0 radical (unpaired) electrons. The second kappa shape index (κ2) is 7.21. The molecule has 1 unspecified atom stereocenters. The summed E-state index contributed by atoms with van der Waals surface area (Å²) in [4.78, 5) is 5.57. The molecule has 0 spiro atoms. The summed E-state index contributed by atoms with van der Waals surface area (Å²) >= 11 is 1.67. The van der Waals surface area contributed by atoms with Crippen LogP contribution in [0.5, 0.6) is 11.5 Å². The number of aryl methyl sites for hydroxylation is 1. The van der Waals surface area contributed by atoms with Gasteiger partial charge in [0.15, 0.2) is 16.6 Å². The molecule has 0 saturated heterocycles. The van der Waals surface area contributed by atoms with Gasteiger partial charge in [-0.05, 0) is 57.2 Å². The van der Waals surface area contributed by atoms with Crippen molar-refractivity contribution in [1.29, 1.82) is 0 Å². The fourth-order valence-electron chi connectivity index (χ4n) is 2.93. The number of methoxy groups -OCH3 is 1. The van der Waals surface area contributed by atoms with Gasteiger partial charge in [0.1, 0.15) is 0 Å². The van der Waals surface area contributed by atoms with Crippen LogP contribution in [-0.4, -0.2) is 18.2 Å². The van der Waals surface area contributed by atoms with Crippen molar-refractivity contribution in [2.75, 3.05) is 12.4 Å². The number of anilines is 1. The summed E-state index contributed by atoms with van der Waals surface area (Å²) in [5.74, 6) is 1.65. The highest BCUT2D eigenvalue weighted by molar-refractivity contribution is 7.15. The lowest BCUT2D eigenvalue weighted by Crippen LogP contribution is -2.12. The Hall–Kier alpha value is -1.75. The molecule has 0 bridgehead atoms. The van der Waals surface area contributed by atoms with Crippen LogP contribution in [0.3, 0.4) is 0 Å². The molecule has 124 valence electrons. The van der Waals surface area contributed by atoms with Crippen LogP contribution < -0.4 is 14.8 Å². The minimum Gasteiger partial charge on any atom is -0.493 e. The predicted octanol–water partition coefficient (Wildman–Crippen LogP) is 4.95. The maximum Gasteiger partial charge on any atom is 0.183 e. The second-order valence-electron chi connectivity index (χ2n) is 6.08. The van der Waals surface area contributed by atoms with Gasteiger partial charge in [0.25, 0.3) is 0 Å². The van der Waals surface area contributed by atoms with Gasteiger partial charge in [-0.2, -0.15) is 0 Å². The molecule has 1 fully saturated rings. The van der Waals surface area contributed by atoms with Crippen molar-refractivity contribution in [3.05, 3.63) is 34.8 Å². The molecule has 1 aromatic heterocycles. The summed E-state index contributed by atoms with van der Waals surface area (Å²) in [5.41, 5.74) is 1.16. The fourth-order valence-corrected chi connectivity index (χ4v) is 3.68. The molecule has 5 heteroatoms. The summed E-state index contributed by atoms with van der Waals surface area (Å²) in [5, 5.41) is 4.38. The zero-order valence-electron chi connectivity index (χ0n) is 14.0. The third-order valence-corrected chi connectivity index (χ3v) is 5.09. The van der Waals surface area contributed by atoms with Crippen LogP contribution in [0.1, 0.15) is 49.1 Å². The van der Waals surface area contributed by atoms with Crippen LogP contribution in [0.25, 0.3) is 0 Å². The number of hydrogen-bond acceptors (Lipinski definition) is 5. The summed E-state index contributed by atoms with van der Waals surface area (Å²) in [7, 11) is 1.70. The van der Waals surface area contributed by atoms with E-state index in [0.29, 0.717) is 6.10 Å². The van der Waals surface area contributed by atoms with Crippen molar-refractivity contribution >= 4 is 16.5 Å². The van der Waals surface area contributed by atoms with E-state index in [2.05, 4.69) is 36.3 Å². The summed E-state index contributed by atoms with van der Waals surface area (Å²) < 4.78 is 11.6. The standard InChI is InChI=1S/C18H24N2O2S/c1-12-11-19-18(23-12)20-13(2)14-8-9-16(17(10-14)21-3)22-15-6-4-5-7-15/h8-11,13,15H,4-7H2,1-3H3,(H,19,20). The van der Waals surface area contributed by atoms with Crippen molar-refractivity contribution in [1.82, 2.24) is 4.98 Å². The highest BCUT2D eigenvalue weighted by Crippen LogP contribution is 2.34. The smallest absolute Gasteiger partial charge is 0.183 e.